The summed E-state index contributed by atoms with van der Waals surface area (Å²) in [4.78, 5) is 6.24. The number of aliphatic hydroxyl groups excluding tert-OH is 2. The molecule has 0 aliphatic heterocycles. The van der Waals surface area contributed by atoms with Gasteiger partial charge in [0, 0.05) is 4.91 Å². The van der Waals surface area contributed by atoms with Gasteiger partial charge in [-0.1, -0.05) is 5.11 Å². The van der Waals surface area contributed by atoms with Crippen molar-refractivity contribution in [2.24, 2.45) is 5.11 Å². The van der Waals surface area contributed by atoms with Crippen molar-refractivity contribution in [1.82, 2.24) is 4.98 Å². The van der Waals surface area contributed by atoms with Gasteiger partial charge in [-0.2, -0.15) is 0 Å². The van der Waals surface area contributed by atoms with Gasteiger partial charge in [-0.25, -0.2) is 4.39 Å². The lowest BCUT2D eigenvalue weighted by atomic mass is 10.1. The number of azide groups is 1. The van der Waals surface area contributed by atoms with E-state index in [0.29, 0.717) is 0 Å². The Bertz CT molecular complexity index is 420. The van der Waals surface area contributed by atoms with Crippen LogP contribution in [0.5, 0.6) is 0 Å². The second kappa shape index (κ2) is 5.41. The first kappa shape index (κ1) is 12.4. The Morgan fingerprint density at radius 3 is 2.81 bits per heavy atom. The van der Waals surface area contributed by atoms with Crippen molar-refractivity contribution in [3.63, 3.8) is 0 Å². The Hall–Kier alpha value is -1.69. The van der Waals surface area contributed by atoms with Gasteiger partial charge in [0.15, 0.2) is 0 Å². The molecule has 1 aromatic rings. The molecule has 0 radical (unpaired) electrons. The Balaban J connectivity index is 2.82. The third kappa shape index (κ3) is 2.90. The number of hydrogen-bond acceptors (Lipinski definition) is 4. The van der Waals surface area contributed by atoms with Gasteiger partial charge in [0.1, 0.15) is 11.9 Å². The van der Waals surface area contributed by atoms with E-state index < -0.39 is 18.0 Å². The quantitative estimate of drug-likeness (QED) is 0.458. The highest BCUT2D eigenvalue weighted by Gasteiger charge is 2.19. The van der Waals surface area contributed by atoms with Crippen LogP contribution in [0, 0.1) is 12.7 Å². The summed E-state index contributed by atoms with van der Waals surface area (Å²) in [5.41, 5.74) is 8.32. The van der Waals surface area contributed by atoms with Crippen LogP contribution in [0.3, 0.4) is 0 Å². The average Bonchev–Trinajstić information content (AvgIpc) is 2.28. The summed E-state index contributed by atoms with van der Waals surface area (Å²) in [7, 11) is 0. The summed E-state index contributed by atoms with van der Waals surface area (Å²) < 4.78 is 12.9. The Labute approximate surface area is 91.0 Å². The molecule has 0 aliphatic carbocycles. The highest BCUT2D eigenvalue weighted by atomic mass is 19.1. The molecule has 0 aromatic carbocycles. The van der Waals surface area contributed by atoms with Crippen molar-refractivity contribution in [3.8, 4) is 0 Å². The number of halogens is 1. The molecular formula is C9H11FN4O2. The Kier molecular flexibility index (Phi) is 4.19. The number of nitrogens with zero attached hydrogens (tertiary/aromatic N) is 4. The van der Waals surface area contributed by atoms with Gasteiger partial charge in [-0.15, -0.1) is 0 Å². The molecule has 2 unspecified atom stereocenters. The molecule has 0 saturated carbocycles. The van der Waals surface area contributed by atoms with Crippen LogP contribution < -0.4 is 0 Å². The van der Waals surface area contributed by atoms with Gasteiger partial charge in [0.25, 0.3) is 0 Å². The fourth-order valence-electron chi connectivity index (χ4n) is 1.15. The molecule has 2 N–H and O–H groups in total. The number of aromatic nitrogens is 1. The molecule has 7 heteroatoms. The van der Waals surface area contributed by atoms with Crippen molar-refractivity contribution < 1.29 is 14.6 Å². The van der Waals surface area contributed by atoms with Crippen molar-refractivity contribution in [1.29, 1.82) is 0 Å². The van der Waals surface area contributed by atoms with Crippen LogP contribution >= 0.6 is 0 Å². The summed E-state index contributed by atoms with van der Waals surface area (Å²) in [6.07, 6.45) is -2.56. The van der Waals surface area contributed by atoms with Gasteiger partial charge in [-0.05, 0) is 24.6 Å². The van der Waals surface area contributed by atoms with Gasteiger partial charge >= 0.3 is 0 Å². The second-order valence-electron chi connectivity index (χ2n) is 3.23. The number of rotatable bonds is 4. The van der Waals surface area contributed by atoms with Gasteiger partial charge in [-0.3, -0.25) is 4.98 Å². The molecule has 0 aliphatic rings. The maximum absolute atomic E-state index is 12.9. The molecule has 1 heterocycles. The van der Waals surface area contributed by atoms with Crippen molar-refractivity contribution >= 4 is 0 Å². The number of hydrogen-bond donors (Lipinski definition) is 2. The van der Waals surface area contributed by atoms with Gasteiger partial charge in [0.05, 0.1) is 24.0 Å². The summed E-state index contributed by atoms with van der Waals surface area (Å²) in [6, 6.07) is 2.42. The summed E-state index contributed by atoms with van der Waals surface area (Å²) in [5.74, 6) is -0.486. The predicted molar refractivity (Wildman–Crippen MR) is 53.9 cm³/mol. The highest BCUT2D eigenvalue weighted by molar-refractivity contribution is 5.15. The van der Waals surface area contributed by atoms with E-state index in [9.17, 15) is 14.6 Å². The first-order valence-corrected chi connectivity index (χ1v) is 4.56. The molecule has 0 spiro atoms. The number of pyridine rings is 1. The minimum absolute atomic E-state index is 0.132. The van der Waals surface area contributed by atoms with Crippen molar-refractivity contribution in [3.05, 3.63) is 39.8 Å². The Morgan fingerprint density at radius 2 is 2.25 bits per heavy atom. The molecule has 0 saturated heterocycles. The van der Waals surface area contributed by atoms with Crippen LogP contribution in [0.1, 0.15) is 17.5 Å². The van der Waals surface area contributed by atoms with Crippen LogP contribution in [0.15, 0.2) is 17.2 Å². The van der Waals surface area contributed by atoms with E-state index in [2.05, 4.69) is 15.0 Å². The number of aryl methyl sites for hydroxylation is 1. The lowest BCUT2D eigenvalue weighted by Gasteiger charge is -2.15. The SMILES string of the molecule is Cc1nc(C(O)C(O)CN=[N+]=[N-])ccc1F. The van der Waals surface area contributed by atoms with E-state index in [1.54, 1.807) is 0 Å². The molecule has 16 heavy (non-hydrogen) atoms. The molecule has 0 amide bonds. The molecule has 0 bridgehead atoms. The van der Waals surface area contributed by atoms with Crippen LogP contribution in [0.2, 0.25) is 0 Å². The van der Waals surface area contributed by atoms with Gasteiger partial charge < -0.3 is 10.2 Å². The third-order valence-corrected chi connectivity index (χ3v) is 2.04. The zero-order valence-corrected chi connectivity index (χ0v) is 8.58. The smallest absolute Gasteiger partial charge is 0.144 e. The predicted octanol–water partition coefficient (Wildman–Crippen LogP) is 1.23. The first-order valence-electron chi connectivity index (χ1n) is 4.56. The van der Waals surface area contributed by atoms with Crippen LogP contribution in [-0.4, -0.2) is 27.8 Å². The topological polar surface area (TPSA) is 102 Å². The summed E-state index contributed by atoms with van der Waals surface area (Å²) in [5, 5.41) is 22.2. The van der Waals surface area contributed by atoms with Gasteiger partial charge in [0.2, 0.25) is 0 Å². The maximum atomic E-state index is 12.9. The van der Waals surface area contributed by atoms with Crippen molar-refractivity contribution in [2.75, 3.05) is 6.54 Å². The largest absolute Gasteiger partial charge is 0.390 e. The lowest BCUT2D eigenvalue weighted by Crippen LogP contribution is -2.22. The summed E-state index contributed by atoms with van der Waals surface area (Å²) in [6.45, 7) is 1.18. The lowest BCUT2D eigenvalue weighted by molar-refractivity contribution is 0.0216. The van der Waals surface area contributed by atoms with Crippen LogP contribution in [-0.2, 0) is 0 Å². The second-order valence-corrected chi connectivity index (χ2v) is 3.23. The number of aliphatic hydroxyl groups is 2. The van der Waals surface area contributed by atoms with Crippen LogP contribution in [0.4, 0.5) is 4.39 Å². The molecule has 6 nitrogen and oxygen atoms in total. The minimum atomic E-state index is -1.30. The van der Waals surface area contributed by atoms with Crippen LogP contribution in [0.25, 0.3) is 10.4 Å². The maximum Gasteiger partial charge on any atom is 0.144 e. The Morgan fingerprint density at radius 1 is 1.56 bits per heavy atom. The molecular weight excluding hydrogens is 215 g/mol. The third-order valence-electron chi connectivity index (χ3n) is 2.04. The first-order chi connectivity index (χ1) is 7.56. The molecule has 2 atom stereocenters. The minimum Gasteiger partial charge on any atom is -0.390 e. The molecule has 0 fully saturated rings. The van der Waals surface area contributed by atoms with E-state index in [1.807, 2.05) is 0 Å². The van der Waals surface area contributed by atoms with E-state index in [-0.39, 0.29) is 17.9 Å². The fourth-order valence-corrected chi connectivity index (χ4v) is 1.15. The molecule has 1 rings (SSSR count). The normalized spacial score (nSPS) is 14.0. The summed E-state index contributed by atoms with van der Waals surface area (Å²) >= 11 is 0. The zero-order valence-electron chi connectivity index (χ0n) is 8.58. The molecule has 1 aromatic heterocycles. The van der Waals surface area contributed by atoms with E-state index >= 15 is 0 Å². The zero-order chi connectivity index (χ0) is 12.1. The monoisotopic (exact) mass is 226 g/mol. The molecule has 86 valence electrons. The highest BCUT2D eigenvalue weighted by Crippen LogP contribution is 2.16. The van der Waals surface area contributed by atoms with Crippen molar-refractivity contribution in [2.45, 2.75) is 19.1 Å². The average molecular weight is 226 g/mol. The van der Waals surface area contributed by atoms with E-state index in [1.165, 1.54) is 13.0 Å². The standard InChI is InChI=1S/C9H11FN4O2/c1-5-6(10)2-3-7(13-5)9(16)8(15)4-12-14-11/h2-3,8-9,15-16H,4H2,1H3. The van der Waals surface area contributed by atoms with E-state index in [0.717, 1.165) is 6.07 Å². The fraction of sp³-hybridized carbons (Fsp3) is 0.444. The van der Waals surface area contributed by atoms with E-state index in [4.69, 9.17) is 5.53 Å².